The summed E-state index contributed by atoms with van der Waals surface area (Å²) in [6, 6.07) is 7.44. The van der Waals surface area contributed by atoms with Crippen LogP contribution in [0.3, 0.4) is 0 Å². The number of carbonyl (C=O) groups excluding carboxylic acids is 1. The molecule has 1 atom stereocenters. The predicted molar refractivity (Wildman–Crippen MR) is 79.6 cm³/mol. The molecule has 0 aromatic heterocycles. The lowest BCUT2D eigenvalue weighted by molar-refractivity contribution is -0.132. The molecule has 2 N–H and O–H groups in total. The van der Waals surface area contributed by atoms with Crippen LogP contribution in [0.15, 0.2) is 24.3 Å². The third-order valence-electron chi connectivity index (χ3n) is 2.76. The maximum atomic E-state index is 11.9. The molecule has 0 saturated carbocycles. The maximum Gasteiger partial charge on any atom is 0.225 e. The summed E-state index contributed by atoms with van der Waals surface area (Å²) in [6.45, 7) is 0.897. The largest absolute Gasteiger partial charge is 0.380 e. The van der Waals surface area contributed by atoms with E-state index in [4.69, 9.17) is 22.1 Å². The zero-order chi connectivity index (χ0) is 13.5. The molecule has 0 spiro atoms. The number of halogens is 2. The number of benzene rings is 1. The van der Waals surface area contributed by atoms with Gasteiger partial charge in [-0.25, -0.2) is 0 Å². The Kier molecular flexibility index (Phi) is 8.76. The van der Waals surface area contributed by atoms with Gasteiger partial charge in [-0.15, -0.1) is 12.4 Å². The zero-order valence-corrected chi connectivity index (χ0v) is 12.7. The summed E-state index contributed by atoms with van der Waals surface area (Å²) in [6.07, 6.45) is 0.0852. The van der Waals surface area contributed by atoms with Crippen LogP contribution < -0.4 is 5.73 Å². The first-order valence-corrected chi connectivity index (χ1v) is 6.16. The number of ether oxygens (including phenoxy) is 1. The lowest BCUT2D eigenvalue weighted by atomic mass is 10.2. The summed E-state index contributed by atoms with van der Waals surface area (Å²) in [4.78, 5) is 13.6. The summed E-state index contributed by atoms with van der Waals surface area (Å²) in [5, 5.41) is 0.690. The van der Waals surface area contributed by atoms with E-state index < -0.39 is 0 Å². The third kappa shape index (κ3) is 6.25. The van der Waals surface area contributed by atoms with Crippen molar-refractivity contribution in [3.05, 3.63) is 34.9 Å². The fourth-order valence-electron chi connectivity index (χ4n) is 1.57. The Morgan fingerprint density at radius 1 is 1.42 bits per heavy atom. The SMILES string of the molecule is COC(CN)CC(=O)N(C)Cc1ccc(Cl)cc1.Cl. The first-order valence-electron chi connectivity index (χ1n) is 5.78. The molecule has 0 saturated heterocycles. The molecule has 1 rings (SSSR count). The lowest BCUT2D eigenvalue weighted by Gasteiger charge is -2.20. The minimum Gasteiger partial charge on any atom is -0.380 e. The van der Waals surface area contributed by atoms with Crippen LogP contribution in [0.4, 0.5) is 0 Å². The summed E-state index contributed by atoms with van der Waals surface area (Å²) in [5.74, 6) is 0.0160. The van der Waals surface area contributed by atoms with Crippen LogP contribution in [0, 0.1) is 0 Å². The van der Waals surface area contributed by atoms with E-state index >= 15 is 0 Å². The topological polar surface area (TPSA) is 55.6 Å². The van der Waals surface area contributed by atoms with Crippen LogP contribution >= 0.6 is 24.0 Å². The number of nitrogens with zero attached hydrogens (tertiary/aromatic N) is 1. The van der Waals surface area contributed by atoms with Crippen molar-refractivity contribution in [2.24, 2.45) is 5.73 Å². The van der Waals surface area contributed by atoms with Crippen molar-refractivity contribution in [2.75, 3.05) is 20.7 Å². The molecule has 0 bridgehead atoms. The zero-order valence-electron chi connectivity index (χ0n) is 11.1. The minimum absolute atomic E-state index is 0. The first kappa shape index (κ1) is 18.2. The van der Waals surface area contributed by atoms with Crippen LogP contribution in [-0.2, 0) is 16.1 Å². The van der Waals surface area contributed by atoms with E-state index in [-0.39, 0.29) is 24.4 Å². The molecule has 0 fully saturated rings. The van der Waals surface area contributed by atoms with Crippen molar-refractivity contribution < 1.29 is 9.53 Å². The van der Waals surface area contributed by atoms with Crippen LogP contribution in [0.2, 0.25) is 5.02 Å². The fraction of sp³-hybridized carbons (Fsp3) is 0.462. The predicted octanol–water partition coefficient (Wildman–Crippen LogP) is 2.08. The molecule has 6 heteroatoms. The highest BCUT2D eigenvalue weighted by Gasteiger charge is 2.15. The quantitative estimate of drug-likeness (QED) is 0.875. The van der Waals surface area contributed by atoms with Gasteiger partial charge < -0.3 is 15.4 Å². The van der Waals surface area contributed by atoms with Gasteiger partial charge in [0.15, 0.2) is 0 Å². The average molecular weight is 307 g/mol. The van der Waals surface area contributed by atoms with E-state index in [1.165, 1.54) is 0 Å². The summed E-state index contributed by atoms with van der Waals surface area (Å²) in [7, 11) is 3.32. The van der Waals surface area contributed by atoms with Gasteiger partial charge in [0.2, 0.25) is 5.91 Å². The number of hydrogen-bond acceptors (Lipinski definition) is 3. The molecule has 1 unspecified atom stereocenters. The Balaban J connectivity index is 0.00000324. The molecule has 0 aliphatic heterocycles. The second kappa shape index (κ2) is 9.15. The lowest BCUT2D eigenvalue weighted by Crippen LogP contribution is -2.33. The molecule has 19 heavy (non-hydrogen) atoms. The standard InChI is InChI=1S/C13H19ClN2O2.ClH/c1-16(13(17)7-12(8-15)18-2)9-10-3-5-11(14)6-4-10;/h3-6,12H,7-9,15H2,1-2H3;1H. The highest BCUT2D eigenvalue weighted by molar-refractivity contribution is 6.30. The molecule has 4 nitrogen and oxygen atoms in total. The van der Waals surface area contributed by atoms with E-state index in [0.29, 0.717) is 24.5 Å². The van der Waals surface area contributed by atoms with Gasteiger partial charge in [-0.1, -0.05) is 23.7 Å². The highest BCUT2D eigenvalue weighted by atomic mass is 35.5. The van der Waals surface area contributed by atoms with Gasteiger partial charge in [0, 0.05) is 32.3 Å². The Morgan fingerprint density at radius 2 is 2.00 bits per heavy atom. The molecule has 108 valence electrons. The smallest absolute Gasteiger partial charge is 0.225 e. The Morgan fingerprint density at radius 3 is 2.47 bits per heavy atom. The van der Waals surface area contributed by atoms with Gasteiger partial charge in [0.25, 0.3) is 0 Å². The monoisotopic (exact) mass is 306 g/mol. The van der Waals surface area contributed by atoms with Crippen LogP contribution in [-0.4, -0.2) is 37.6 Å². The highest BCUT2D eigenvalue weighted by Crippen LogP contribution is 2.11. The number of hydrogen-bond donors (Lipinski definition) is 1. The molecular formula is C13H20Cl2N2O2. The number of carbonyl (C=O) groups is 1. The molecule has 1 aromatic rings. The van der Waals surface area contributed by atoms with Gasteiger partial charge in [-0.05, 0) is 17.7 Å². The maximum absolute atomic E-state index is 11.9. The van der Waals surface area contributed by atoms with Crippen molar-refractivity contribution in [2.45, 2.75) is 19.1 Å². The Hall–Kier alpha value is -0.810. The molecular weight excluding hydrogens is 287 g/mol. The van der Waals surface area contributed by atoms with Gasteiger partial charge in [-0.2, -0.15) is 0 Å². The molecule has 0 aliphatic carbocycles. The van der Waals surface area contributed by atoms with E-state index in [0.717, 1.165) is 5.56 Å². The summed E-state index contributed by atoms with van der Waals surface area (Å²) in [5.41, 5.74) is 6.53. The summed E-state index contributed by atoms with van der Waals surface area (Å²) < 4.78 is 5.10. The van der Waals surface area contributed by atoms with Gasteiger partial charge in [-0.3, -0.25) is 4.79 Å². The van der Waals surface area contributed by atoms with Crippen molar-refractivity contribution >= 4 is 29.9 Å². The van der Waals surface area contributed by atoms with Crippen molar-refractivity contribution in [1.29, 1.82) is 0 Å². The molecule has 0 heterocycles. The third-order valence-corrected chi connectivity index (χ3v) is 3.01. The average Bonchev–Trinajstić information content (AvgIpc) is 2.38. The van der Waals surface area contributed by atoms with Crippen molar-refractivity contribution in [3.8, 4) is 0 Å². The second-order valence-electron chi connectivity index (χ2n) is 4.17. The first-order chi connectivity index (χ1) is 8.56. The number of amides is 1. The van der Waals surface area contributed by atoms with E-state index in [2.05, 4.69) is 0 Å². The minimum atomic E-state index is -0.217. The Labute approximate surface area is 125 Å². The van der Waals surface area contributed by atoms with Crippen LogP contribution in [0.1, 0.15) is 12.0 Å². The van der Waals surface area contributed by atoms with Crippen LogP contribution in [0.25, 0.3) is 0 Å². The molecule has 0 radical (unpaired) electrons. The van der Waals surface area contributed by atoms with Gasteiger partial charge in [0.1, 0.15) is 0 Å². The second-order valence-corrected chi connectivity index (χ2v) is 4.61. The van der Waals surface area contributed by atoms with Gasteiger partial charge >= 0.3 is 0 Å². The van der Waals surface area contributed by atoms with Crippen molar-refractivity contribution in [3.63, 3.8) is 0 Å². The van der Waals surface area contributed by atoms with Crippen LogP contribution in [0.5, 0.6) is 0 Å². The molecule has 0 aliphatic rings. The van der Waals surface area contributed by atoms with E-state index in [9.17, 15) is 4.79 Å². The number of nitrogens with two attached hydrogens (primary N) is 1. The number of rotatable bonds is 6. The fourth-order valence-corrected chi connectivity index (χ4v) is 1.69. The van der Waals surface area contributed by atoms with Gasteiger partial charge in [0.05, 0.1) is 12.5 Å². The van der Waals surface area contributed by atoms with Crippen molar-refractivity contribution in [1.82, 2.24) is 4.90 Å². The molecule has 1 amide bonds. The number of methoxy groups -OCH3 is 1. The van der Waals surface area contributed by atoms with E-state index in [1.807, 2.05) is 24.3 Å². The Bertz CT molecular complexity index is 381. The normalized spacial score (nSPS) is 11.6. The van der Waals surface area contributed by atoms with E-state index in [1.54, 1.807) is 19.1 Å². The molecule has 1 aromatic carbocycles. The summed E-state index contributed by atoms with van der Waals surface area (Å²) >= 11 is 5.81.